The Morgan fingerprint density at radius 3 is 3.04 bits per heavy atom. The number of fused-ring (bicyclic) bond motifs is 1. The van der Waals surface area contributed by atoms with Gasteiger partial charge in [-0.3, -0.25) is 9.20 Å². The number of amides is 1. The summed E-state index contributed by atoms with van der Waals surface area (Å²) in [4.78, 5) is 19.5. The number of rotatable bonds is 5. The van der Waals surface area contributed by atoms with Crippen LogP contribution in [-0.2, 0) is 4.74 Å². The normalized spacial score (nSPS) is 11.1. The van der Waals surface area contributed by atoms with Crippen LogP contribution in [0.15, 0.2) is 35.8 Å². The molecule has 3 rings (SSSR count). The summed E-state index contributed by atoms with van der Waals surface area (Å²) >= 11 is 7.48. The molecule has 2 aromatic heterocycles. The molecule has 0 aliphatic rings. The molecule has 120 valence electrons. The lowest BCUT2D eigenvalue weighted by Gasteiger charge is -2.15. The van der Waals surface area contributed by atoms with E-state index in [0.29, 0.717) is 23.9 Å². The summed E-state index contributed by atoms with van der Waals surface area (Å²) in [6.45, 7) is 1.05. The van der Waals surface area contributed by atoms with E-state index in [-0.39, 0.29) is 5.91 Å². The second kappa shape index (κ2) is 6.70. The van der Waals surface area contributed by atoms with Crippen molar-refractivity contribution >= 4 is 33.8 Å². The third-order valence-corrected chi connectivity index (χ3v) is 4.60. The molecular weight excluding hydrogens is 334 g/mol. The van der Waals surface area contributed by atoms with Crippen LogP contribution in [0.1, 0.15) is 10.5 Å². The van der Waals surface area contributed by atoms with Gasteiger partial charge in [-0.1, -0.05) is 23.7 Å². The Bertz CT molecular complexity index is 843. The number of likely N-dealkylation sites (N-methyl/N-ethyl adjacent to an activating group) is 1. The number of thiazole rings is 1. The maximum atomic E-state index is 12.5. The van der Waals surface area contributed by atoms with Gasteiger partial charge in [0, 0.05) is 42.9 Å². The van der Waals surface area contributed by atoms with E-state index in [0.717, 1.165) is 16.2 Å². The molecule has 0 unspecified atom stereocenters. The minimum atomic E-state index is -0.0525. The van der Waals surface area contributed by atoms with E-state index in [1.807, 2.05) is 40.2 Å². The van der Waals surface area contributed by atoms with E-state index in [1.54, 1.807) is 19.1 Å². The van der Waals surface area contributed by atoms with Gasteiger partial charge in [-0.2, -0.15) is 0 Å². The van der Waals surface area contributed by atoms with Crippen molar-refractivity contribution < 1.29 is 9.53 Å². The number of carbonyl (C=O) groups excluding carboxylic acids is 1. The van der Waals surface area contributed by atoms with Crippen molar-refractivity contribution in [3.05, 3.63) is 46.6 Å². The van der Waals surface area contributed by atoms with E-state index in [2.05, 4.69) is 4.98 Å². The largest absolute Gasteiger partial charge is 0.383 e. The van der Waals surface area contributed by atoms with Crippen LogP contribution in [0.25, 0.3) is 16.2 Å². The molecular formula is C16H16ClN3O2S. The molecule has 5 nitrogen and oxygen atoms in total. The summed E-state index contributed by atoms with van der Waals surface area (Å²) in [5.41, 5.74) is 2.33. The van der Waals surface area contributed by atoms with E-state index in [9.17, 15) is 4.79 Å². The summed E-state index contributed by atoms with van der Waals surface area (Å²) in [5.74, 6) is -0.0525. The first-order valence-corrected chi connectivity index (χ1v) is 8.33. The lowest BCUT2D eigenvalue weighted by atomic mass is 10.2. The minimum absolute atomic E-state index is 0.0525. The Morgan fingerprint density at radius 2 is 2.30 bits per heavy atom. The molecule has 0 radical (unpaired) electrons. The fourth-order valence-electron chi connectivity index (χ4n) is 2.25. The lowest BCUT2D eigenvalue weighted by Crippen LogP contribution is -2.30. The predicted molar refractivity (Wildman–Crippen MR) is 92.4 cm³/mol. The molecule has 0 bridgehead atoms. The van der Waals surface area contributed by atoms with Gasteiger partial charge in [0.15, 0.2) is 4.96 Å². The van der Waals surface area contributed by atoms with E-state index >= 15 is 0 Å². The lowest BCUT2D eigenvalue weighted by molar-refractivity contribution is 0.0738. The van der Waals surface area contributed by atoms with Gasteiger partial charge in [-0.25, -0.2) is 4.98 Å². The summed E-state index contributed by atoms with van der Waals surface area (Å²) in [7, 11) is 3.38. The SMILES string of the molecule is COCCN(C)C(=O)c1csc2nc(-c3cccc(Cl)c3)cn12. The van der Waals surface area contributed by atoms with Crippen molar-refractivity contribution in [2.24, 2.45) is 0 Å². The van der Waals surface area contributed by atoms with Gasteiger partial charge in [0.25, 0.3) is 5.91 Å². The fourth-order valence-corrected chi connectivity index (χ4v) is 3.29. The first-order chi connectivity index (χ1) is 11.1. The number of methoxy groups -OCH3 is 1. The highest BCUT2D eigenvalue weighted by molar-refractivity contribution is 7.15. The third kappa shape index (κ3) is 3.24. The summed E-state index contributed by atoms with van der Waals surface area (Å²) in [6.07, 6.45) is 1.87. The highest BCUT2D eigenvalue weighted by atomic mass is 35.5. The number of carbonyl (C=O) groups is 1. The zero-order valence-corrected chi connectivity index (χ0v) is 14.4. The van der Waals surface area contributed by atoms with Gasteiger partial charge in [0.05, 0.1) is 12.3 Å². The first-order valence-electron chi connectivity index (χ1n) is 7.07. The summed E-state index contributed by atoms with van der Waals surface area (Å²) < 4.78 is 6.84. The van der Waals surface area contributed by atoms with Crippen LogP contribution in [0.2, 0.25) is 5.02 Å². The molecule has 0 fully saturated rings. The van der Waals surface area contributed by atoms with Crippen molar-refractivity contribution in [3.63, 3.8) is 0 Å². The Balaban J connectivity index is 1.93. The Hall–Kier alpha value is -1.89. The van der Waals surface area contributed by atoms with E-state index in [4.69, 9.17) is 16.3 Å². The monoisotopic (exact) mass is 349 g/mol. The highest BCUT2D eigenvalue weighted by Crippen LogP contribution is 2.26. The second-order valence-corrected chi connectivity index (χ2v) is 6.40. The topological polar surface area (TPSA) is 46.8 Å². The third-order valence-electron chi connectivity index (χ3n) is 3.53. The van der Waals surface area contributed by atoms with Gasteiger partial charge in [-0.05, 0) is 12.1 Å². The van der Waals surface area contributed by atoms with Gasteiger partial charge < -0.3 is 9.64 Å². The van der Waals surface area contributed by atoms with Crippen molar-refractivity contribution in [3.8, 4) is 11.3 Å². The molecule has 1 aromatic carbocycles. The molecule has 23 heavy (non-hydrogen) atoms. The maximum absolute atomic E-state index is 12.5. The summed E-state index contributed by atoms with van der Waals surface area (Å²) in [6, 6.07) is 7.52. The standard InChI is InChI=1S/C16H16ClN3O2S/c1-19(6-7-22-2)15(21)14-10-23-16-18-13(9-20(14)16)11-4-3-5-12(17)8-11/h3-5,8-10H,6-7H2,1-2H3. The molecule has 0 atom stereocenters. The number of hydrogen-bond donors (Lipinski definition) is 0. The van der Waals surface area contributed by atoms with Crippen LogP contribution in [0.4, 0.5) is 0 Å². The van der Waals surface area contributed by atoms with Crippen molar-refractivity contribution in [1.29, 1.82) is 0 Å². The van der Waals surface area contributed by atoms with Crippen molar-refractivity contribution in [2.75, 3.05) is 27.3 Å². The molecule has 0 aliphatic carbocycles. The molecule has 0 aliphatic heterocycles. The minimum Gasteiger partial charge on any atom is -0.383 e. The van der Waals surface area contributed by atoms with Gasteiger partial charge in [0.2, 0.25) is 0 Å². The number of imidazole rings is 1. The predicted octanol–water partition coefficient (Wildman–Crippen LogP) is 3.43. The number of aromatic nitrogens is 2. The molecule has 0 spiro atoms. The van der Waals surface area contributed by atoms with Gasteiger partial charge in [0.1, 0.15) is 5.69 Å². The maximum Gasteiger partial charge on any atom is 0.271 e. The fraction of sp³-hybridized carbons (Fsp3) is 0.250. The zero-order chi connectivity index (χ0) is 16.4. The average molecular weight is 350 g/mol. The van der Waals surface area contributed by atoms with Crippen LogP contribution in [0.5, 0.6) is 0 Å². The molecule has 0 N–H and O–H groups in total. The van der Waals surface area contributed by atoms with E-state index in [1.165, 1.54) is 11.3 Å². The molecule has 7 heteroatoms. The average Bonchev–Trinajstić information content (AvgIpc) is 3.12. The number of hydrogen-bond acceptors (Lipinski definition) is 4. The van der Waals surface area contributed by atoms with Crippen LogP contribution in [-0.4, -0.2) is 47.5 Å². The number of benzene rings is 1. The number of halogens is 1. The molecule has 2 heterocycles. The van der Waals surface area contributed by atoms with Crippen LogP contribution >= 0.6 is 22.9 Å². The van der Waals surface area contributed by atoms with E-state index < -0.39 is 0 Å². The van der Waals surface area contributed by atoms with Gasteiger partial charge >= 0.3 is 0 Å². The smallest absolute Gasteiger partial charge is 0.271 e. The van der Waals surface area contributed by atoms with Crippen molar-refractivity contribution in [1.82, 2.24) is 14.3 Å². The number of nitrogens with zero attached hydrogens (tertiary/aromatic N) is 3. The van der Waals surface area contributed by atoms with Crippen LogP contribution in [0.3, 0.4) is 0 Å². The number of ether oxygens (including phenoxy) is 1. The summed E-state index contributed by atoms with van der Waals surface area (Å²) in [5, 5.41) is 2.49. The Labute approximate surface area is 143 Å². The Morgan fingerprint density at radius 1 is 1.48 bits per heavy atom. The first kappa shape index (κ1) is 16.0. The van der Waals surface area contributed by atoms with Crippen LogP contribution < -0.4 is 0 Å². The zero-order valence-electron chi connectivity index (χ0n) is 12.8. The quantitative estimate of drug-likeness (QED) is 0.709. The molecule has 0 saturated heterocycles. The molecule has 1 amide bonds. The van der Waals surface area contributed by atoms with Crippen molar-refractivity contribution in [2.45, 2.75) is 0 Å². The van der Waals surface area contributed by atoms with Gasteiger partial charge in [-0.15, -0.1) is 11.3 Å². The highest BCUT2D eigenvalue weighted by Gasteiger charge is 2.18. The van der Waals surface area contributed by atoms with Crippen LogP contribution in [0, 0.1) is 0 Å². The Kier molecular flexibility index (Phi) is 4.66. The second-order valence-electron chi connectivity index (χ2n) is 5.13. The molecule has 0 saturated carbocycles. The molecule has 3 aromatic rings.